The molecule has 2 aromatic carbocycles. The van der Waals surface area contributed by atoms with Gasteiger partial charge in [0.15, 0.2) is 5.76 Å². The fourth-order valence-corrected chi connectivity index (χ4v) is 3.41. The van der Waals surface area contributed by atoms with Gasteiger partial charge in [-0.05, 0) is 55.8 Å². The maximum Gasteiger partial charge on any atom is 0.345 e. The van der Waals surface area contributed by atoms with Crippen molar-refractivity contribution in [3.05, 3.63) is 80.0 Å². The molecule has 0 aliphatic rings. The molecular weight excluding hydrogens is 501 g/mol. The van der Waals surface area contributed by atoms with E-state index in [2.05, 4.69) is 10.6 Å². The lowest BCUT2D eigenvalue weighted by molar-refractivity contribution is -0.112. The molecule has 3 rings (SSSR count). The van der Waals surface area contributed by atoms with Crippen LogP contribution in [0.25, 0.3) is 6.08 Å². The molecule has 2 N–H and O–H groups in total. The standard InChI is InChI=1S/C24H18Cl3N3O4/c1-3-33-24(32)20-21(27)19(34-23(20)29-17-8-6-15(25)7-9-17)10-14(12-28)22(31)30-18-11-16(26)5-4-13(18)2/h4-11,29H,3H2,1-2H3,(H,30,31)/b14-10+. The van der Waals surface area contributed by atoms with E-state index < -0.39 is 11.9 Å². The van der Waals surface area contributed by atoms with Gasteiger partial charge in [-0.2, -0.15) is 5.26 Å². The van der Waals surface area contributed by atoms with E-state index in [1.165, 1.54) is 0 Å². The van der Waals surface area contributed by atoms with Crippen molar-refractivity contribution < 1.29 is 18.7 Å². The highest BCUT2D eigenvalue weighted by Crippen LogP contribution is 2.36. The normalized spacial score (nSPS) is 11.0. The molecule has 0 bridgehead atoms. The average molecular weight is 519 g/mol. The van der Waals surface area contributed by atoms with E-state index in [1.54, 1.807) is 56.3 Å². The van der Waals surface area contributed by atoms with Crippen LogP contribution in [0.1, 0.15) is 28.6 Å². The fourth-order valence-electron chi connectivity index (χ4n) is 2.86. The van der Waals surface area contributed by atoms with E-state index in [-0.39, 0.29) is 34.4 Å². The summed E-state index contributed by atoms with van der Waals surface area (Å²) in [6, 6.07) is 13.4. The number of hydrogen-bond donors (Lipinski definition) is 2. The van der Waals surface area contributed by atoms with Crippen molar-refractivity contribution >= 4 is 70.0 Å². The van der Waals surface area contributed by atoms with E-state index in [0.29, 0.717) is 21.4 Å². The zero-order valence-electron chi connectivity index (χ0n) is 18.0. The van der Waals surface area contributed by atoms with Crippen molar-refractivity contribution in [1.29, 1.82) is 5.26 Å². The highest BCUT2D eigenvalue weighted by atomic mass is 35.5. The largest absolute Gasteiger partial charge is 0.462 e. The molecule has 0 saturated carbocycles. The van der Waals surface area contributed by atoms with Crippen LogP contribution in [0.5, 0.6) is 0 Å². The third-order valence-corrected chi connectivity index (χ3v) is 5.41. The van der Waals surface area contributed by atoms with Gasteiger partial charge in [0.2, 0.25) is 5.88 Å². The van der Waals surface area contributed by atoms with Crippen LogP contribution in [0.4, 0.5) is 17.3 Å². The lowest BCUT2D eigenvalue weighted by atomic mass is 10.1. The summed E-state index contributed by atoms with van der Waals surface area (Å²) in [7, 11) is 0. The van der Waals surface area contributed by atoms with Crippen LogP contribution in [-0.2, 0) is 9.53 Å². The number of nitriles is 1. The van der Waals surface area contributed by atoms with Gasteiger partial charge in [0.1, 0.15) is 22.2 Å². The van der Waals surface area contributed by atoms with Gasteiger partial charge >= 0.3 is 5.97 Å². The SMILES string of the molecule is CCOC(=O)c1c(Nc2ccc(Cl)cc2)oc(/C=C(\C#N)C(=O)Nc2cc(Cl)ccc2C)c1Cl. The smallest absolute Gasteiger partial charge is 0.345 e. The summed E-state index contributed by atoms with van der Waals surface area (Å²) < 4.78 is 10.8. The molecule has 0 saturated heterocycles. The highest BCUT2D eigenvalue weighted by Gasteiger charge is 2.26. The van der Waals surface area contributed by atoms with E-state index in [0.717, 1.165) is 11.6 Å². The first-order valence-electron chi connectivity index (χ1n) is 9.94. The van der Waals surface area contributed by atoms with Crippen molar-refractivity contribution in [2.75, 3.05) is 17.2 Å². The van der Waals surface area contributed by atoms with Gasteiger partial charge in [0, 0.05) is 27.5 Å². The molecule has 0 fully saturated rings. The zero-order valence-corrected chi connectivity index (χ0v) is 20.3. The molecular formula is C24H18Cl3N3O4. The number of carbonyl (C=O) groups excluding carboxylic acids is 2. The van der Waals surface area contributed by atoms with Crippen LogP contribution in [-0.4, -0.2) is 18.5 Å². The first-order chi connectivity index (χ1) is 16.2. The molecule has 1 aromatic heterocycles. The molecule has 0 spiro atoms. The van der Waals surface area contributed by atoms with Crippen LogP contribution < -0.4 is 10.6 Å². The monoisotopic (exact) mass is 517 g/mol. The molecule has 10 heteroatoms. The minimum Gasteiger partial charge on any atom is -0.462 e. The van der Waals surface area contributed by atoms with Gasteiger partial charge in [-0.3, -0.25) is 4.79 Å². The molecule has 0 unspecified atom stereocenters. The van der Waals surface area contributed by atoms with Gasteiger partial charge in [-0.1, -0.05) is 40.9 Å². The van der Waals surface area contributed by atoms with Crippen LogP contribution in [0.15, 0.2) is 52.5 Å². The van der Waals surface area contributed by atoms with Gasteiger partial charge in [-0.25, -0.2) is 4.79 Å². The zero-order chi connectivity index (χ0) is 24.8. The highest BCUT2D eigenvalue weighted by molar-refractivity contribution is 6.36. The number of rotatable bonds is 7. The van der Waals surface area contributed by atoms with Gasteiger partial charge in [0.05, 0.1) is 6.61 Å². The van der Waals surface area contributed by atoms with Crippen LogP contribution in [0, 0.1) is 18.3 Å². The van der Waals surface area contributed by atoms with E-state index in [4.69, 9.17) is 44.0 Å². The molecule has 1 amide bonds. The summed E-state index contributed by atoms with van der Waals surface area (Å²) >= 11 is 18.3. The van der Waals surface area contributed by atoms with E-state index in [1.807, 2.05) is 6.07 Å². The Kier molecular flexibility index (Phi) is 8.24. The van der Waals surface area contributed by atoms with Gasteiger partial charge in [-0.15, -0.1) is 0 Å². The molecule has 174 valence electrons. The second kappa shape index (κ2) is 11.1. The molecule has 1 heterocycles. The Labute approximate surface area is 210 Å². The van der Waals surface area contributed by atoms with Crippen molar-refractivity contribution in [3.8, 4) is 6.07 Å². The molecule has 7 nitrogen and oxygen atoms in total. The number of aryl methyl sites for hydroxylation is 1. The van der Waals surface area contributed by atoms with Crippen molar-refractivity contribution in [2.24, 2.45) is 0 Å². The van der Waals surface area contributed by atoms with Crippen molar-refractivity contribution in [2.45, 2.75) is 13.8 Å². The first kappa shape index (κ1) is 25.2. The minimum absolute atomic E-state index is 0.0135. The maximum atomic E-state index is 12.7. The summed E-state index contributed by atoms with van der Waals surface area (Å²) in [4.78, 5) is 25.3. The Morgan fingerprint density at radius 2 is 1.79 bits per heavy atom. The van der Waals surface area contributed by atoms with Gasteiger partial charge in [0.25, 0.3) is 5.91 Å². The Morgan fingerprint density at radius 1 is 1.12 bits per heavy atom. The van der Waals surface area contributed by atoms with E-state index >= 15 is 0 Å². The lowest BCUT2D eigenvalue weighted by Gasteiger charge is -2.08. The molecule has 0 aliphatic heterocycles. The second-order valence-corrected chi connectivity index (χ2v) is 8.17. The Balaban J connectivity index is 1.98. The second-order valence-electron chi connectivity index (χ2n) is 6.92. The number of esters is 1. The van der Waals surface area contributed by atoms with Crippen LogP contribution in [0.3, 0.4) is 0 Å². The van der Waals surface area contributed by atoms with Crippen molar-refractivity contribution in [3.63, 3.8) is 0 Å². The Bertz CT molecular complexity index is 1310. The maximum absolute atomic E-state index is 12.7. The average Bonchev–Trinajstić information content (AvgIpc) is 3.10. The molecule has 0 atom stereocenters. The summed E-state index contributed by atoms with van der Waals surface area (Å²) in [6.07, 6.45) is 1.15. The molecule has 34 heavy (non-hydrogen) atoms. The number of halogens is 3. The van der Waals surface area contributed by atoms with Gasteiger partial charge < -0.3 is 19.8 Å². The summed E-state index contributed by atoms with van der Waals surface area (Å²) in [5.74, 6) is -1.52. The number of carbonyl (C=O) groups is 2. The Hall–Kier alpha value is -3.44. The third kappa shape index (κ3) is 5.91. The Morgan fingerprint density at radius 3 is 2.44 bits per heavy atom. The summed E-state index contributed by atoms with van der Waals surface area (Å²) in [5.41, 5.74) is 1.38. The first-order valence-corrected chi connectivity index (χ1v) is 11.1. The van der Waals surface area contributed by atoms with Crippen LogP contribution >= 0.6 is 34.8 Å². The topological polar surface area (TPSA) is 104 Å². The fraction of sp³-hybridized carbons (Fsp3) is 0.125. The van der Waals surface area contributed by atoms with Crippen molar-refractivity contribution in [1.82, 2.24) is 0 Å². The number of ether oxygens (including phenoxy) is 1. The quantitative estimate of drug-likeness (QED) is 0.198. The number of hydrogen-bond acceptors (Lipinski definition) is 6. The number of nitrogens with one attached hydrogen (secondary N) is 2. The molecule has 3 aromatic rings. The number of nitrogens with zero attached hydrogens (tertiary/aromatic N) is 1. The summed E-state index contributed by atoms with van der Waals surface area (Å²) in [5, 5.41) is 16.0. The number of amides is 1. The number of furan rings is 1. The van der Waals surface area contributed by atoms with E-state index in [9.17, 15) is 14.9 Å². The van der Waals surface area contributed by atoms with Crippen LogP contribution in [0.2, 0.25) is 15.1 Å². The lowest BCUT2D eigenvalue weighted by Crippen LogP contribution is -2.14. The predicted octanol–water partition coefficient (Wildman–Crippen LogP) is 7.01. The molecule has 0 aliphatic carbocycles. The predicted molar refractivity (Wildman–Crippen MR) is 133 cm³/mol. The number of benzene rings is 2. The minimum atomic E-state index is -0.732. The summed E-state index contributed by atoms with van der Waals surface area (Å²) in [6.45, 7) is 3.54. The molecule has 0 radical (unpaired) electrons. The third-order valence-electron chi connectivity index (χ3n) is 4.54. The number of anilines is 3.